The van der Waals surface area contributed by atoms with Crippen molar-refractivity contribution in [2.24, 2.45) is 11.3 Å². The molecule has 0 radical (unpaired) electrons. The number of ether oxygens (including phenoxy) is 2. The number of nitro groups is 1. The molecular weight excluding hydrogens is 770 g/mol. The molecule has 1 atom stereocenters. The molecule has 308 valence electrons. The fourth-order valence-electron chi connectivity index (χ4n) is 9.76. The number of pyridine rings is 1. The number of fused-ring (bicyclic) bond motifs is 2. The number of carbonyl (C=O) groups excluding carboxylic acids is 1. The first-order chi connectivity index (χ1) is 27.7. The number of amides is 1. The first-order valence-electron chi connectivity index (χ1n) is 20.2. The summed E-state index contributed by atoms with van der Waals surface area (Å²) in [5.41, 5.74) is 0.109. The number of aromatic nitrogens is 2. The van der Waals surface area contributed by atoms with Gasteiger partial charge >= 0.3 is 0 Å². The molecule has 5 aliphatic rings. The van der Waals surface area contributed by atoms with Gasteiger partial charge in [0.05, 0.1) is 38.6 Å². The molecule has 2 saturated carbocycles. The second-order valence-corrected chi connectivity index (χ2v) is 18.9. The Morgan fingerprint density at radius 1 is 1.09 bits per heavy atom. The highest BCUT2D eigenvalue weighted by Gasteiger charge is 2.48. The Morgan fingerprint density at radius 2 is 1.83 bits per heavy atom. The van der Waals surface area contributed by atoms with Crippen LogP contribution >= 0.6 is 0 Å². The molecule has 1 spiro atoms. The van der Waals surface area contributed by atoms with E-state index in [1.54, 1.807) is 19.1 Å². The normalized spacial score (nSPS) is 24.8. The number of likely N-dealkylation sites (tertiary alicyclic amines) is 1. The Hall–Kier alpha value is -5.00. The lowest BCUT2D eigenvalue weighted by Crippen LogP contribution is -2.54. The van der Waals surface area contributed by atoms with Crippen LogP contribution < -0.4 is 24.4 Å². The van der Waals surface area contributed by atoms with Gasteiger partial charge in [0.15, 0.2) is 11.4 Å². The van der Waals surface area contributed by atoms with Gasteiger partial charge in [-0.05, 0) is 114 Å². The largest absolute Gasteiger partial charge is 0.489 e. The third-order valence-corrected chi connectivity index (χ3v) is 14.6. The van der Waals surface area contributed by atoms with E-state index in [1.165, 1.54) is 63.3 Å². The molecular formula is C41H48FN7O8S. The molecule has 3 aliphatic heterocycles. The number of H-pyrrole nitrogens is 1. The summed E-state index contributed by atoms with van der Waals surface area (Å²) in [6.45, 7) is 5.96. The minimum absolute atomic E-state index is 0.0221. The fraction of sp³-hybridized carbons (Fsp3) is 0.512. The Balaban J connectivity index is 0.955. The molecule has 1 amide bonds. The van der Waals surface area contributed by atoms with Crippen molar-refractivity contribution in [1.29, 1.82) is 0 Å². The van der Waals surface area contributed by atoms with E-state index in [1.807, 2.05) is 0 Å². The number of aromatic amines is 1. The van der Waals surface area contributed by atoms with Crippen molar-refractivity contribution in [3.8, 4) is 17.2 Å². The molecule has 2 aromatic heterocycles. The average Bonchev–Trinajstić information content (AvgIpc) is 3.86. The lowest BCUT2D eigenvalue weighted by Gasteiger charge is -2.55. The standard InChI is InChI=1S/C41H48FN7O8S/c1-40(51)8-6-25(7-9-40)33-24-56-36-19-29(18-34(49(52)53)37(36)45-33)58(54,55)46-39(50)30-5-4-26(16-35(30)57-28-17-31-32(42)23-44-38(31)43-22-28)48-14-10-41(11-15-48)20-27(21-41)47-12-2-3-13-47/h4-5,16-19,22-23,25,27,33,45,51H,2-3,6-15,20-21,24H2,1H3,(H,43,44)(H,46,50)/t25?,33-,40?/m1/s1. The monoisotopic (exact) mass is 817 g/mol. The summed E-state index contributed by atoms with van der Waals surface area (Å²) in [6.07, 6.45) is 12.2. The van der Waals surface area contributed by atoms with Crippen LogP contribution in [0.2, 0.25) is 0 Å². The van der Waals surface area contributed by atoms with Gasteiger partial charge in [0, 0.05) is 49.2 Å². The van der Waals surface area contributed by atoms with E-state index in [2.05, 4.69) is 29.8 Å². The van der Waals surface area contributed by atoms with Crippen molar-refractivity contribution in [1.82, 2.24) is 19.6 Å². The van der Waals surface area contributed by atoms with E-state index >= 15 is 0 Å². The molecule has 15 nitrogen and oxygen atoms in total. The van der Waals surface area contributed by atoms with Crippen LogP contribution in [0.3, 0.4) is 0 Å². The summed E-state index contributed by atoms with van der Waals surface area (Å²) in [5.74, 6) is -1.33. The third-order valence-electron chi connectivity index (χ3n) is 13.3. The van der Waals surface area contributed by atoms with E-state index < -0.39 is 42.9 Å². The maximum Gasteiger partial charge on any atom is 0.297 e. The number of piperidine rings is 1. The summed E-state index contributed by atoms with van der Waals surface area (Å²) >= 11 is 0. The SMILES string of the molecule is CC1(O)CCC([C@H]2COc3cc(S(=O)(=O)NC(=O)c4ccc(N5CCC6(CC5)CC(N5CCCC5)C6)cc4Oc4cnc5[nH]cc(F)c5c4)cc([N+](=O)[O-])c3N2)CC1. The van der Waals surface area contributed by atoms with Crippen molar-refractivity contribution in [3.05, 3.63) is 70.3 Å². The molecule has 9 rings (SSSR count). The second-order valence-electron chi connectivity index (χ2n) is 17.2. The van der Waals surface area contributed by atoms with Crippen LogP contribution in [0, 0.1) is 27.3 Å². The summed E-state index contributed by atoms with van der Waals surface area (Å²) < 4.78 is 56.4. The lowest BCUT2D eigenvalue weighted by atomic mass is 9.60. The zero-order valence-corrected chi connectivity index (χ0v) is 33.2. The van der Waals surface area contributed by atoms with Crippen LogP contribution in [0.15, 0.2) is 53.7 Å². The zero-order chi connectivity index (χ0) is 40.4. The minimum Gasteiger partial charge on any atom is -0.489 e. The first kappa shape index (κ1) is 38.5. The molecule has 0 unspecified atom stereocenters. The van der Waals surface area contributed by atoms with Gasteiger partial charge in [0.2, 0.25) is 0 Å². The quantitative estimate of drug-likeness (QED) is 0.106. The van der Waals surface area contributed by atoms with Crippen LogP contribution in [0.1, 0.15) is 81.5 Å². The number of hydrogen-bond donors (Lipinski definition) is 4. The van der Waals surface area contributed by atoms with E-state index in [4.69, 9.17) is 9.47 Å². The number of benzene rings is 2. The van der Waals surface area contributed by atoms with E-state index in [0.717, 1.165) is 43.8 Å². The van der Waals surface area contributed by atoms with Gasteiger partial charge in [0.1, 0.15) is 29.6 Å². The minimum atomic E-state index is -4.69. The van der Waals surface area contributed by atoms with Crippen molar-refractivity contribution < 1.29 is 37.1 Å². The molecule has 2 aromatic carbocycles. The Bertz CT molecular complexity index is 2360. The van der Waals surface area contributed by atoms with Gasteiger partial charge in [-0.2, -0.15) is 0 Å². The highest BCUT2D eigenvalue weighted by Crippen LogP contribution is 2.52. The number of sulfonamides is 1. The van der Waals surface area contributed by atoms with Gasteiger partial charge in [0.25, 0.3) is 21.6 Å². The summed E-state index contributed by atoms with van der Waals surface area (Å²) in [7, 11) is -4.69. The van der Waals surface area contributed by atoms with E-state index in [0.29, 0.717) is 42.8 Å². The zero-order valence-electron chi connectivity index (χ0n) is 32.3. The average molecular weight is 818 g/mol. The second kappa shape index (κ2) is 14.7. The van der Waals surface area contributed by atoms with Gasteiger partial charge in [-0.15, -0.1) is 0 Å². The number of rotatable bonds is 9. The van der Waals surface area contributed by atoms with Crippen molar-refractivity contribution in [2.75, 3.05) is 43.0 Å². The van der Waals surface area contributed by atoms with Gasteiger partial charge in [-0.3, -0.25) is 14.9 Å². The van der Waals surface area contributed by atoms with E-state index in [9.17, 15) is 32.8 Å². The van der Waals surface area contributed by atoms with Crippen molar-refractivity contribution >= 4 is 44.0 Å². The van der Waals surface area contributed by atoms with Gasteiger partial charge in [-0.1, -0.05) is 0 Å². The van der Waals surface area contributed by atoms with Crippen LogP contribution in [-0.4, -0.2) is 89.7 Å². The number of carbonyl (C=O) groups is 1. The number of nitro benzene ring substituents is 1. The Labute approximate surface area is 335 Å². The Morgan fingerprint density at radius 3 is 2.55 bits per heavy atom. The first-order valence-corrected chi connectivity index (χ1v) is 21.7. The van der Waals surface area contributed by atoms with Crippen molar-refractivity contribution in [2.45, 2.75) is 93.7 Å². The smallest absolute Gasteiger partial charge is 0.297 e. The molecule has 58 heavy (non-hydrogen) atoms. The van der Waals surface area contributed by atoms with Crippen LogP contribution in [0.5, 0.6) is 17.2 Å². The van der Waals surface area contributed by atoms with Gasteiger partial charge in [-0.25, -0.2) is 22.5 Å². The molecule has 2 aliphatic carbocycles. The maximum absolute atomic E-state index is 14.5. The number of anilines is 2. The molecule has 2 saturated heterocycles. The highest BCUT2D eigenvalue weighted by molar-refractivity contribution is 7.90. The van der Waals surface area contributed by atoms with Crippen LogP contribution in [0.4, 0.5) is 21.5 Å². The molecule has 4 aromatic rings. The highest BCUT2D eigenvalue weighted by atomic mass is 32.2. The fourth-order valence-corrected chi connectivity index (χ4v) is 10.8. The molecule has 4 fully saturated rings. The summed E-state index contributed by atoms with van der Waals surface area (Å²) in [4.78, 5) is 36.9. The van der Waals surface area contributed by atoms with Crippen LogP contribution in [-0.2, 0) is 10.0 Å². The third kappa shape index (κ3) is 7.43. The number of halogens is 1. The summed E-state index contributed by atoms with van der Waals surface area (Å²) in [5, 5.41) is 26.1. The molecule has 0 bridgehead atoms. The summed E-state index contributed by atoms with van der Waals surface area (Å²) in [6, 6.07) is 8.84. The number of hydrogen-bond acceptors (Lipinski definition) is 12. The predicted molar refractivity (Wildman–Crippen MR) is 214 cm³/mol. The van der Waals surface area contributed by atoms with Gasteiger partial charge < -0.3 is 34.7 Å². The number of nitrogens with zero attached hydrogens (tertiary/aromatic N) is 4. The Kier molecular flexibility index (Phi) is 9.75. The van der Waals surface area contributed by atoms with Crippen molar-refractivity contribution in [3.63, 3.8) is 0 Å². The lowest BCUT2D eigenvalue weighted by molar-refractivity contribution is -0.384. The number of aliphatic hydroxyl groups is 1. The van der Waals surface area contributed by atoms with Crippen LogP contribution in [0.25, 0.3) is 11.0 Å². The number of nitrogens with one attached hydrogen (secondary N) is 3. The maximum atomic E-state index is 14.5. The molecule has 17 heteroatoms. The molecule has 4 N–H and O–H groups in total. The molecule has 5 heterocycles. The van der Waals surface area contributed by atoms with E-state index in [-0.39, 0.29) is 52.5 Å². The topological polar surface area (TPSA) is 192 Å². The predicted octanol–water partition coefficient (Wildman–Crippen LogP) is 6.48.